The molecule has 0 fully saturated rings. The summed E-state index contributed by atoms with van der Waals surface area (Å²) >= 11 is 1.62. The predicted octanol–water partition coefficient (Wildman–Crippen LogP) is 2.43. The summed E-state index contributed by atoms with van der Waals surface area (Å²) in [7, 11) is 0. The number of anilines is 3. The molecular weight excluding hydrogens is 362 g/mol. The van der Waals surface area contributed by atoms with Crippen molar-refractivity contribution in [3.63, 3.8) is 0 Å². The third-order valence-electron chi connectivity index (χ3n) is 3.93. The van der Waals surface area contributed by atoms with Crippen LogP contribution in [-0.2, 0) is 0 Å². The van der Waals surface area contributed by atoms with Crippen molar-refractivity contribution in [3.8, 4) is 0 Å². The SMILES string of the molecule is CSc1cnc(NCC(C)CNc2ccc(N3N=CC=CC3O)cn2)nc1. The summed E-state index contributed by atoms with van der Waals surface area (Å²) in [6.45, 7) is 3.65. The summed E-state index contributed by atoms with van der Waals surface area (Å²) in [5, 5.41) is 22.1. The molecule has 3 heterocycles. The van der Waals surface area contributed by atoms with Gasteiger partial charge in [-0.1, -0.05) is 6.92 Å². The van der Waals surface area contributed by atoms with E-state index in [1.807, 2.05) is 30.8 Å². The molecular formula is C18H23N7OS. The van der Waals surface area contributed by atoms with Crippen LogP contribution in [0, 0.1) is 5.92 Å². The molecule has 1 aliphatic rings. The minimum Gasteiger partial charge on any atom is -0.370 e. The number of aliphatic hydroxyl groups is 1. The highest BCUT2D eigenvalue weighted by atomic mass is 32.2. The normalized spacial score (nSPS) is 17.0. The maximum absolute atomic E-state index is 9.91. The third kappa shape index (κ3) is 5.41. The number of rotatable bonds is 8. The lowest BCUT2D eigenvalue weighted by molar-refractivity contribution is 0.216. The molecule has 2 aromatic heterocycles. The van der Waals surface area contributed by atoms with Gasteiger partial charge in [0.2, 0.25) is 5.95 Å². The fourth-order valence-corrected chi connectivity index (χ4v) is 2.70. The molecule has 0 bridgehead atoms. The van der Waals surface area contributed by atoms with Crippen LogP contribution in [0.1, 0.15) is 6.92 Å². The van der Waals surface area contributed by atoms with Crippen molar-refractivity contribution in [2.45, 2.75) is 18.0 Å². The lowest BCUT2D eigenvalue weighted by Gasteiger charge is -2.24. The molecule has 0 saturated heterocycles. The van der Waals surface area contributed by atoms with E-state index >= 15 is 0 Å². The average molecular weight is 385 g/mol. The lowest BCUT2D eigenvalue weighted by Crippen LogP contribution is -2.30. The number of hydrogen-bond acceptors (Lipinski definition) is 9. The van der Waals surface area contributed by atoms with Gasteiger partial charge in [-0.25, -0.2) is 20.0 Å². The minimum absolute atomic E-state index is 0.356. The van der Waals surface area contributed by atoms with Crippen LogP contribution in [0.5, 0.6) is 0 Å². The van der Waals surface area contributed by atoms with Crippen molar-refractivity contribution < 1.29 is 5.11 Å². The van der Waals surface area contributed by atoms with Crippen LogP contribution in [0.2, 0.25) is 0 Å². The van der Waals surface area contributed by atoms with Gasteiger partial charge in [-0.05, 0) is 36.5 Å². The van der Waals surface area contributed by atoms with E-state index in [2.05, 4.69) is 37.6 Å². The van der Waals surface area contributed by atoms with Crippen LogP contribution in [0.4, 0.5) is 17.5 Å². The highest BCUT2D eigenvalue weighted by Crippen LogP contribution is 2.19. The molecule has 1 aliphatic heterocycles. The van der Waals surface area contributed by atoms with Gasteiger partial charge < -0.3 is 15.7 Å². The summed E-state index contributed by atoms with van der Waals surface area (Å²) in [5.41, 5.74) is 0.731. The minimum atomic E-state index is -0.770. The topological polar surface area (TPSA) is 98.6 Å². The molecule has 3 rings (SSSR count). The van der Waals surface area contributed by atoms with Crippen LogP contribution >= 0.6 is 11.8 Å². The van der Waals surface area contributed by atoms with Gasteiger partial charge in [-0.15, -0.1) is 11.8 Å². The van der Waals surface area contributed by atoms with Gasteiger partial charge in [0.1, 0.15) is 5.82 Å². The molecule has 0 radical (unpaired) electrons. The molecule has 0 spiro atoms. The van der Waals surface area contributed by atoms with E-state index in [1.54, 1.807) is 36.3 Å². The Kier molecular flexibility index (Phi) is 6.61. The first-order valence-electron chi connectivity index (χ1n) is 8.63. The fourth-order valence-electron chi connectivity index (χ4n) is 2.38. The second-order valence-corrected chi connectivity index (χ2v) is 7.00. The molecule has 2 atom stereocenters. The molecule has 0 saturated carbocycles. The number of nitrogens with zero attached hydrogens (tertiary/aromatic N) is 5. The van der Waals surface area contributed by atoms with Gasteiger partial charge in [0.15, 0.2) is 6.23 Å². The predicted molar refractivity (Wildman–Crippen MR) is 110 cm³/mol. The second-order valence-electron chi connectivity index (χ2n) is 6.12. The number of pyridine rings is 1. The van der Waals surface area contributed by atoms with Crippen molar-refractivity contribution >= 4 is 35.4 Å². The molecule has 0 amide bonds. The van der Waals surface area contributed by atoms with Gasteiger partial charge >= 0.3 is 0 Å². The first-order chi connectivity index (χ1) is 13.2. The summed E-state index contributed by atoms with van der Waals surface area (Å²) in [4.78, 5) is 14.0. The highest BCUT2D eigenvalue weighted by molar-refractivity contribution is 7.98. The number of hydrogen-bond donors (Lipinski definition) is 3. The maximum Gasteiger partial charge on any atom is 0.222 e. The zero-order chi connectivity index (χ0) is 19.1. The number of aromatic nitrogens is 3. The zero-order valence-corrected chi connectivity index (χ0v) is 16.1. The molecule has 142 valence electrons. The Morgan fingerprint density at radius 2 is 1.93 bits per heavy atom. The first kappa shape index (κ1) is 19.1. The molecule has 8 nitrogen and oxygen atoms in total. The Bertz CT molecular complexity index is 779. The largest absolute Gasteiger partial charge is 0.370 e. The van der Waals surface area contributed by atoms with E-state index in [1.165, 1.54) is 5.01 Å². The average Bonchev–Trinajstić information content (AvgIpc) is 2.72. The van der Waals surface area contributed by atoms with E-state index in [9.17, 15) is 5.11 Å². The van der Waals surface area contributed by atoms with Crippen LogP contribution in [0.25, 0.3) is 0 Å². The van der Waals surface area contributed by atoms with Crippen molar-refractivity contribution in [1.29, 1.82) is 0 Å². The van der Waals surface area contributed by atoms with Gasteiger partial charge in [-0.2, -0.15) is 5.10 Å². The summed E-state index contributed by atoms with van der Waals surface area (Å²) in [6, 6.07) is 3.75. The van der Waals surface area contributed by atoms with Crippen molar-refractivity contribution in [1.82, 2.24) is 15.0 Å². The van der Waals surface area contributed by atoms with E-state index in [-0.39, 0.29) is 0 Å². The van der Waals surface area contributed by atoms with Gasteiger partial charge in [0.25, 0.3) is 0 Å². The van der Waals surface area contributed by atoms with Crippen LogP contribution in [0.15, 0.2) is 52.9 Å². The zero-order valence-electron chi connectivity index (χ0n) is 15.3. The Balaban J connectivity index is 1.45. The lowest BCUT2D eigenvalue weighted by atomic mass is 10.2. The summed E-state index contributed by atoms with van der Waals surface area (Å²) in [5.74, 6) is 1.77. The van der Waals surface area contributed by atoms with Crippen LogP contribution < -0.4 is 15.6 Å². The summed E-state index contributed by atoms with van der Waals surface area (Å²) < 4.78 is 0. The smallest absolute Gasteiger partial charge is 0.222 e. The fraction of sp³-hybridized carbons (Fsp3) is 0.333. The Morgan fingerprint density at radius 3 is 2.59 bits per heavy atom. The van der Waals surface area contributed by atoms with Crippen LogP contribution in [0.3, 0.4) is 0 Å². The molecule has 27 heavy (non-hydrogen) atoms. The molecule has 0 aromatic carbocycles. The number of allylic oxidation sites excluding steroid dienone is 1. The number of nitrogens with one attached hydrogen (secondary N) is 2. The molecule has 9 heteroatoms. The van der Waals surface area contributed by atoms with Gasteiger partial charge in [-0.3, -0.25) is 0 Å². The molecule has 3 N–H and O–H groups in total. The number of thioether (sulfide) groups is 1. The van der Waals surface area contributed by atoms with Crippen LogP contribution in [-0.4, -0.2) is 51.8 Å². The van der Waals surface area contributed by atoms with E-state index in [4.69, 9.17) is 0 Å². The van der Waals surface area contributed by atoms with Gasteiger partial charge in [0, 0.05) is 36.6 Å². The Labute approximate surface area is 162 Å². The standard InChI is InChI=1S/C18H23N7OS/c1-13(9-21-18-22-11-15(27-2)12-23-18)8-19-16-6-5-14(10-20-16)25-17(26)4-3-7-24-25/h3-7,10-13,17,26H,8-9H2,1-2H3,(H,19,20)(H,21,22,23). The van der Waals surface area contributed by atoms with Crippen molar-refractivity contribution in [3.05, 3.63) is 42.9 Å². The van der Waals surface area contributed by atoms with Crippen molar-refractivity contribution in [2.75, 3.05) is 35.0 Å². The van der Waals surface area contributed by atoms with E-state index < -0.39 is 6.23 Å². The van der Waals surface area contributed by atoms with E-state index in [0.717, 1.165) is 29.5 Å². The van der Waals surface area contributed by atoms with Crippen molar-refractivity contribution in [2.24, 2.45) is 11.0 Å². The first-order valence-corrected chi connectivity index (χ1v) is 9.86. The second kappa shape index (κ2) is 9.33. The molecule has 2 aromatic rings. The number of hydrazone groups is 1. The monoisotopic (exact) mass is 385 g/mol. The molecule has 0 aliphatic carbocycles. The quantitative estimate of drug-likeness (QED) is 0.596. The van der Waals surface area contributed by atoms with Gasteiger partial charge in [0.05, 0.1) is 11.9 Å². The summed E-state index contributed by atoms with van der Waals surface area (Å²) in [6.07, 6.45) is 11.5. The maximum atomic E-state index is 9.91. The number of aliphatic hydroxyl groups excluding tert-OH is 1. The Hall–Kier alpha value is -2.65. The highest BCUT2D eigenvalue weighted by Gasteiger charge is 2.14. The molecule has 2 unspecified atom stereocenters. The third-order valence-corrected chi connectivity index (χ3v) is 4.61. The Morgan fingerprint density at radius 1 is 1.15 bits per heavy atom. The van der Waals surface area contributed by atoms with E-state index in [0.29, 0.717) is 11.9 Å².